The highest BCUT2D eigenvalue weighted by Gasteiger charge is 2.36. The Balaban J connectivity index is 1.61. The lowest BCUT2D eigenvalue weighted by Crippen LogP contribution is -2.41. The predicted molar refractivity (Wildman–Crippen MR) is 83.5 cm³/mol. The average Bonchev–Trinajstić information content (AvgIpc) is 2.94. The van der Waals surface area contributed by atoms with Crippen molar-refractivity contribution in [3.05, 3.63) is 82.0 Å². The minimum absolute atomic E-state index is 0.00357. The zero-order chi connectivity index (χ0) is 14.6. The molecule has 1 amide bonds. The zero-order valence-electron chi connectivity index (χ0n) is 12.2. The largest absolute Gasteiger partial charge is 0.343 e. The molecule has 0 aromatic heterocycles. The van der Waals surface area contributed by atoms with Crippen LogP contribution in [0.1, 0.15) is 25.8 Å². The molecule has 0 radical (unpaired) electrons. The molecule has 1 saturated carbocycles. The van der Waals surface area contributed by atoms with Gasteiger partial charge in [0, 0.05) is 5.57 Å². The highest BCUT2D eigenvalue weighted by atomic mass is 16.1. The Morgan fingerprint density at radius 1 is 1.10 bits per heavy atom. The summed E-state index contributed by atoms with van der Waals surface area (Å²) in [6.45, 7) is 4.07. The topological polar surface area (TPSA) is 29.1 Å². The molecule has 0 saturated heterocycles. The lowest BCUT2D eigenvalue weighted by Gasteiger charge is -2.27. The number of fused-ring (bicyclic) bond motifs is 2. The van der Waals surface area contributed by atoms with Crippen molar-refractivity contribution in [1.29, 1.82) is 0 Å². The van der Waals surface area contributed by atoms with Crippen molar-refractivity contribution >= 4 is 5.91 Å². The average molecular weight is 275 g/mol. The van der Waals surface area contributed by atoms with Crippen molar-refractivity contribution in [2.75, 3.05) is 0 Å². The van der Waals surface area contributed by atoms with Gasteiger partial charge in [-0.25, -0.2) is 0 Å². The molecule has 0 bridgehead atoms. The molecule has 3 aliphatic rings. The number of carbonyl (C=O) groups is 1. The minimum atomic E-state index is -0.385. The van der Waals surface area contributed by atoms with Crippen molar-refractivity contribution in [3.8, 4) is 0 Å². The van der Waals surface area contributed by atoms with E-state index in [-0.39, 0.29) is 11.4 Å². The third-order valence-corrected chi connectivity index (χ3v) is 4.44. The summed E-state index contributed by atoms with van der Waals surface area (Å²) in [4.78, 5) is 12.6. The lowest BCUT2D eigenvalue weighted by atomic mass is 9.93. The van der Waals surface area contributed by atoms with Gasteiger partial charge in [-0.15, -0.1) is 0 Å². The summed E-state index contributed by atoms with van der Waals surface area (Å²) in [5, 5.41) is 3.16. The molecule has 1 fully saturated rings. The third-order valence-electron chi connectivity index (χ3n) is 4.44. The zero-order valence-corrected chi connectivity index (χ0v) is 12.2. The van der Waals surface area contributed by atoms with E-state index >= 15 is 0 Å². The monoisotopic (exact) mass is 275 g/mol. The van der Waals surface area contributed by atoms with Crippen LogP contribution in [0, 0.1) is 0 Å². The van der Waals surface area contributed by atoms with Crippen molar-refractivity contribution < 1.29 is 4.79 Å². The quantitative estimate of drug-likeness (QED) is 0.898. The van der Waals surface area contributed by atoms with E-state index in [1.807, 2.05) is 50.3 Å². The molecule has 21 heavy (non-hydrogen) atoms. The van der Waals surface area contributed by atoms with Gasteiger partial charge in [0.15, 0.2) is 0 Å². The summed E-state index contributed by atoms with van der Waals surface area (Å²) in [7, 11) is 0. The summed E-state index contributed by atoms with van der Waals surface area (Å²) in [5.74, 6) is 0.00357. The second-order valence-corrected chi connectivity index (χ2v) is 6.34. The van der Waals surface area contributed by atoms with E-state index in [0.717, 1.165) is 23.1 Å². The SMILES string of the molecule is CC(C)(NC(=O)C1=C2C=C3CC3=C2C=C1)c1ccccc1. The van der Waals surface area contributed by atoms with Crippen molar-refractivity contribution in [1.82, 2.24) is 5.32 Å². The Kier molecular flexibility index (Phi) is 2.41. The van der Waals surface area contributed by atoms with Gasteiger partial charge < -0.3 is 5.32 Å². The first-order valence-corrected chi connectivity index (χ1v) is 7.31. The van der Waals surface area contributed by atoms with Gasteiger partial charge in [-0.1, -0.05) is 36.4 Å². The second kappa shape index (κ2) is 4.08. The van der Waals surface area contributed by atoms with Crippen LogP contribution in [0.25, 0.3) is 0 Å². The van der Waals surface area contributed by atoms with Gasteiger partial charge in [-0.2, -0.15) is 0 Å². The number of hydrogen-bond acceptors (Lipinski definition) is 1. The molecule has 0 aliphatic heterocycles. The molecule has 2 heteroatoms. The van der Waals surface area contributed by atoms with Gasteiger partial charge in [0.2, 0.25) is 0 Å². The van der Waals surface area contributed by atoms with Crippen LogP contribution in [0.2, 0.25) is 0 Å². The summed E-state index contributed by atoms with van der Waals surface area (Å²) in [6, 6.07) is 10.1. The van der Waals surface area contributed by atoms with E-state index in [1.54, 1.807) is 0 Å². The van der Waals surface area contributed by atoms with Crippen molar-refractivity contribution in [3.63, 3.8) is 0 Å². The van der Waals surface area contributed by atoms with Crippen molar-refractivity contribution in [2.24, 2.45) is 0 Å². The van der Waals surface area contributed by atoms with E-state index < -0.39 is 0 Å². The van der Waals surface area contributed by atoms with Crippen LogP contribution < -0.4 is 5.32 Å². The number of nitrogens with one attached hydrogen (secondary N) is 1. The molecule has 0 unspecified atom stereocenters. The summed E-state index contributed by atoms with van der Waals surface area (Å²) < 4.78 is 0. The highest BCUT2D eigenvalue weighted by molar-refractivity contribution is 6.02. The van der Waals surface area contributed by atoms with Crippen LogP contribution in [0.15, 0.2) is 76.4 Å². The van der Waals surface area contributed by atoms with E-state index in [0.29, 0.717) is 0 Å². The first-order chi connectivity index (χ1) is 10.1. The van der Waals surface area contributed by atoms with Crippen LogP contribution in [0.5, 0.6) is 0 Å². The smallest absolute Gasteiger partial charge is 0.252 e. The summed E-state index contributed by atoms with van der Waals surface area (Å²) in [6.07, 6.45) is 7.29. The van der Waals surface area contributed by atoms with Crippen LogP contribution in [0.4, 0.5) is 0 Å². The Morgan fingerprint density at radius 2 is 1.86 bits per heavy atom. The van der Waals surface area contributed by atoms with Gasteiger partial charge >= 0.3 is 0 Å². The molecule has 1 N–H and O–H groups in total. The predicted octanol–water partition coefficient (Wildman–Crippen LogP) is 3.54. The molecule has 0 heterocycles. The van der Waals surface area contributed by atoms with Gasteiger partial charge in [0.25, 0.3) is 5.91 Å². The summed E-state index contributed by atoms with van der Waals surface area (Å²) >= 11 is 0. The van der Waals surface area contributed by atoms with Crippen LogP contribution >= 0.6 is 0 Å². The summed E-state index contributed by atoms with van der Waals surface area (Å²) in [5.41, 5.74) is 6.70. The van der Waals surface area contributed by atoms with Gasteiger partial charge in [0.05, 0.1) is 5.54 Å². The molecule has 0 spiro atoms. The maximum absolute atomic E-state index is 12.6. The van der Waals surface area contributed by atoms with E-state index in [1.165, 1.54) is 16.7 Å². The molecule has 3 aliphatic carbocycles. The van der Waals surface area contributed by atoms with E-state index in [2.05, 4.69) is 17.5 Å². The van der Waals surface area contributed by atoms with Crippen LogP contribution in [0.3, 0.4) is 0 Å². The number of carbonyl (C=O) groups excluding carboxylic acids is 1. The van der Waals surface area contributed by atoms with Crippen LogP contribution in [-0.2, 0) is 10.3 Å². The van der Waals surface area contributed by atoms with Gasteiger partial charge in [-0.05, 0) is 60.3 Å². The molecule has 4 rings (SSSR count). The molecule has 1 aromatic rings. The Hall–Kier alpha value is -2.35. The van der Waals surface area contributed by atoms with Crippen molar-refractivity contribution in [2.45, 2.75) is 25.8 Å². The van der Waals surface area contributed by atoms with Crippen LogP contribution in [-0.4, -0.2) is 5.91 Å². The highest BCUT2D eigenvalue weighted by Crippen LogP contribution is 2.51. The van der Waals surface area contributed by atoms with E-state index in [9.17, 15) is 4.79 Å². The number of rotatable bonds is 3. The van der Waals surface area contributed by atoms with Gasteiger partial charge in [0.1, 0.15) is 0 Å². The molecular formula is C19H17NO. The maximum atomic E-state index is 12.6. The first kappa shape index (κ1) is 12.4. The van der Waals surface area contributed by atoms with E-state index in [4.69, 9.17) is 0 Å². The standard InChI is InChI=1S/C19H17NO/c1-19(2,13-6-4-3-5-7-13)20-18(21)15-9-8-14-16-10-12(16)11-17(14)15/h3-9,11H,10H2,1-2H3,(H,20,21). The third kappa shape index (κ3) is 1.90. The Morgan fingerprint density at radius 3 is 2.62 bits per heavy atom. The number of allylic oxidation sites excluding steroid dienone is 6. The minimum Gasteiger partial charge on any atom is -0.343 e. The number of hydrogen-bond donors (Lipinski definition) is 1. The Bertz CT molecular complexity index is 773. The maximum Gasteiger partial charge on any atom is 0.252 e. The molecule has 2 nitrogen and oxygen atoms in total. The fourth-order valence-electron chi connectivity index (χ4n) is 3.11. The molecule has 1 aromatic carbocycles. The number of benzene rings is 1. The Labute approximate surface area is 124 Å². The second-order valence-electron chi connectivity index (χ2n) is 6.34. The fraction of sp³-hybridized carbons (Fsp3) is 0.211. The molecule has 0 atom stereocenters. The van der Waals surface area contributed by atoms with Gasteiger partial charge in [-0.3, -0.25) is 4.79 Å². The fourth-order valence-corrected chi connectivity index (χ4v) is 3.11. The normalized spacial score (nSPS) is 18.7. The molecular weight excluding hydrogens is 258 g/mol. The number of amides is 1. The lowest BCUT2D eigenvalue weighted by molar-refractivity contribution is -0.118. The molecule has 104 valence electrons. The first-order valence-electron chi connectivity index (χ1n) is 7.31.